The lowest BCUT2D eigenvalue weighted by Gasteiger charge is -2.26. The second kappa shape index (κ2) is 12.6. The molecule has 0 spiro atoms. The van der Waals surface area contributed by atoms with Crippen LogP contribution in [0.3, 0.4) is 0 Å². The smallest absolute Gasteiger partial charge is 0.0543 e. The lowest BCUT2D eigenvalue weighted by atomic mass is 10.2. The molecular formula is C22H34N6. The molecule has 3 rings (SSSR count). The molecule has 1 saturated heterocycles. The van der Waals surface area contributed by atoms with E-state index in [4.69, 9.17) is 0 Å². The van der Waals surface area contributed by atoms with E-state index in [2.05, 4.69) is 54.7 Å². The lowest BCUT2D eigenvalue weighted by Crippen LogP contribution is -2.38. The molecule has 0 aromatic carbocycles. The zero-order chi connectivity index (χ0) is 19.3. The van der Waals surface area contributed by atoms with E-state index in [-0.39, 0.29) is 0 Å². The fraction of sp³-hybridized carbons (Fsp3) is 0.545. The Bertz CT molecular complexity index is 580. The Morgan fingerprint density at radius 2 is 1.18 bits per heavy atom. The summed E-state index contributed by atoms with van der Waals surface area (Å²) in [6, 6.07) is 12.4. The monoisotopic (exact) mass is 382 g/mol. The summed E-state index contributed by atoms with van der Waals surface area (Å²) in [7, 11) is 0. The standard InChI is InChI=1S/C22H34N6/c1-3-11-25-21(7-1)19-27-15-6-16-28(20-22-8-2-4-12-26-22)18-14-24-10-5-9-23-13-17-27/h1-4,7-8,11-12,23-24H,5-6,9-10,13-20H2. The van der Waals surface area contributed by atoms with Crippen molar-refractivity contribution in [2.45, 2.75) is 25.9 Å². The third-order valence-corrected chi connectivity index (χ3v) is 5.09. The van der Waals surface area contributed by atoms with E-state index in [1.54, 1.807) is 0 Å². The molecule has 1 fully saturated rings. The summed E-state index contributed by atoms with van der Waals surface area (Å²) in [6.07, 6.45) is 6.10. The van der Waals surface area contributed by atoms with Crippen molar-refractivity contribution >= 4 is 0 Å². The van der Waals surface area contributed by atoms with Crippen molar-refractivity contribution in [2.75, 3.05) is 52.4 Å². The van der Waals surface area contributed by atoms with Gasteiger partial charge in [-0.15, -0.1) is 0 Å². The van der Waals surface area contributed by atoms with Crippen LogP contribution in [0.1, 0.15) is 24.2 Å². The van der Waals surface area contributed by atoms with Crippen LogP contribution >= 0.6 is 0 Å². The summed E-state index contributed by atoms with van der Waals surface area (Å²) >= 11 is 0. The van der Waals surface area contributed by atoms with E-state index >= 15 is 0 Å². The van der Waals surface area contributed by atoms with Crippen LogP contribution < -0.4 is 10.6 Å². The minimum absolute atomic E-state index is 0.921. The van der Waals surface area contributed by atoms with Crippen molar-refractivity contribution in [1.82, 2.24) is 30.4 Å². The molecule has 2 aromatic heterocycles. The van der Waals surface area contributed by atoms with Crippen molar-refractivity contribution in [3.8, 4) is 0 Å². The van der Waals surface area contributed by atoms with Gasteiger partial charge in [-0.3, -0.25) is 19.8 Å². The van der Waals surface area contributed by atoms with Gasteiger partial charge in [0.1, 0.15) is 0 Å². The van der Waals surface area contributed by atoms with Crippen LogP contribution in [0.4, 0.5) is 0 Å². The SMILES string of the molecule is c1ccc(CN2CCCN(Cc3ccccn3)CCNCCCNCC2)nc1. The van der Waals surface area contributed by atoms with Gasteiger partial charge in [0.25, 0.3) is 0 Å². The molecule has 2 aromatic rings. The predicted molar refractivity (Wildman–Crippen MR) is 114 cm³/mol. The quantitative estimate of drug-likeness (QED) is 0.840. The van der Waals surface area contributed by atoms with Crippen LogP contribution in [0.15, 0.2) is 48.8 Å². The van der Waals surface area contributed by atoms with E-state index in [1.165, 1.54) is 6.42 Å². The van der Waals surface area contributed by atoms with Crippen molar-refractivity contribution in [1.29, 1.82) is 0 Å². The molecule has 0 amide bonds. The summed E-state index contributed by atoms with van der Waals surface area (Å²) in [5, 5.41) is 7.15. The highest BCUT2D eigenvalue weighted by Crippen LogP contribution is 2.05. The van der Waals surface area contributed by atoms with E-state index < -0.39 is 0 Å². The molecule has 6 nitrogen and oxygen atoms in total. The molecule has 0 radical (unpaired) electrons. The van der Waals surface area contributed by atoms with Crippen LogP contribution in [0.2, 0.25) is 0 Å². The number of nitrogens with zero attached hydrogens (tertiary/aromatic N) is 4. The van der Waals surface area contributed by atoms with Gasteiger partial charge in [0.2, 0.25) is 0 Å². The summed E-state index contributed by atoms with van der Waals surface area (Å²) in [5.41, 5.74) is 2.30. The first-order valence-corrected chi connectivity index (χ1v) is 10.6. The summed E-state index contributed by atoms with van der Waals surface area (Å²) in [4.78, 5) is 14.1. The Balaban J connectivity index is 1.56. The van der Waals surface area contributed by atoms with Crippen molar-refractivity contribution in [3.05, 3.63) is 60.2 Å². The number of rotatable bonds is 4. The molecule has 0 bridgehead atoms. The Hall–Kier alpha value is -1.86. The first-order valence-electron chi connectivity index (χ1n) is 10.6. The molecule has 28 heavy (non-hydrogen) atoms. The van der Waals surface area contributed by atoms with E-state index in [9.17, 15) is 0 Å². The van der Waals surface area contributed by atoms with Gasteiger partial charge in [0.15, 0.2) is 0 Å². The zero-order valence-electron chi connectivity index (χ0n) is 16.9. The van der Waals surface area contributed by atoms with Crippen molar-refractivity contribution < 1.29 is 0 Å². The molecule has 0 saturated carbocycles. The minimum Gasteiger partial charge on any atom is -0.315 e. The number of hydrogen-bond acceptors (Lipinski definition) is 6. The zero-order valence-corrected chi connectivity index (χ0v) is 16.9. The van der Waals surface area contributed by atoms with Gasteiger partial charge in [-0.1, -0.05) is 12.1 Å². The highest BCUT2D eigenvalue weighted by Gasteiger charge is 2.11. The topological polar surface area (TPSA) is 56.3 Å². The Morgan fingerprint density at radius 1 is 0.643 bits per heavy atom. The fourth-order valence-corrected chi connectivity index (χ4v) is 3.56. The molecular weight excluding hydrogens is 348 g/mol. The van der Waals surface area contributed by atoms with Crippen molar-refractivity contribution in [2.24, 2.45) is 0 Å². The molecule has 0 aliphatic carbocycles. The van der Waals surface area contributed by atoms with Gasteiger partial charge < -0.3 is 10.6 Å². The number of hydrogen-bond donors (Lipinski definition) is 2. The molecule has 0 unspecified atom stereocenters. The van der Waals surface area contributed by atoms with Gasteiger partial charge in [-0.2, -0.15) is 0 Å². The Labute approximate surface area is 169 Å². The second-order valence-electron chi connectivity index (χ2n) is 7.40. The van der Waals surface area contributed by atoms with Crippen LogP contribution in [0, 0.1) is 0 Å². The minimum atomic E-state index is 0.921. The van der Waals surface area contributed by atoms with Crippen LogP contribution in [-0.4, -0.2) is 72.1 Å². The van der Waals surface area contributed by atoms with Gasteiger partial charge >= 0.3 is 0 Å². The lowest BCUT2D eigenvalue weighted by molar-refractivity contribution is 0.213. The first kappa shape index (κ1) is 20.9. The van der Waals surface area contributed by atoms with Gasteiger partial charge in [0, 0.05) is 51.7 Å². The van der Waals surface area contributed by atoms with Gasteiger partial charge in [-0.25, -0.2) is 0 Å². The molecule has 1 aliphatic heterocycles. The largest absolute Gasteiger partial charge is 0.315 e. The summed E-state index contributed by atoms with van der Waals surface area (Å²) in [5.74, 6) is 0. The van der Waals surface area contributed by atoms with E-state index in [1.807, 2.05) is 24.5 Å². The van der Waals surface area contributed by atoms with E-state index in [0.717, 1.165) is 83.3 Å². The highest BCUT2D eigenvalue weighted by molar-refractivity contribution is 5.04. The normalized spacial score (nSPS) is 19.1. The third-order valence-electron chi connectivity index (χ3n) is 5.09. The molecule has 0 atom stereocenters. The average molecular weight is 383 g/mol. The van der Waals surface area contributed by atoms with Crippen LogP contribution in [0.5, 0.6) is 0 Å². The van der Waals surface area contributed by atoms with Gasteiger partial charge in [0.05, 0.1) is 11.4 Å². The number of pyridine rings is 2. The Morgan fingerprint density at radius 3 is 1.64 bits per heavy atom. The fourth-order valence-electron chi connectivity index (χ4n) is 3.56. The molecule has 6 heteroatoms. The van der Waals surface area contributed by atoms with Gasteiger partial charge in [-0.05, 0) is 63.3 Å². The van der Waals surface area contributed by atoms with Crippen molar-refractivity contribution in [3.63, 3.8) is 0 Å². The van der Waals surface area contributed by atoms with Crippen LogP contribution in [0.25, 0.3) is 0 Å². The predicted octanol–water partition coefficient (Wildman–Crippen LogP) is 1.75. The maximum Gasteiger partial charge on any atom is 0.0543 e. The average Bonchev–Trinajstić information content (AvgIpc) is 2.73. The number of aromatic nitrogens is 2. The maximum absolute atomic E-state index is 4.51. The summed E-state index contributed by atoms with van der Waals surface area (Å²) in [6.45, 7) is 10.3. The molecule has 2 N–H and O–H groups in total. The molecule has 3 heterocycles. The molecule has 1 aliphatic rings. The summed E-state index contributed by atoms with van der Waals surface area (Å²) < 4.78 is 0. The van der Waals surface area contributed by atoms with Crippen LogP contribution in [-0.2, 0) is 13.1 Å². The highest BCUT2D eigenvalue weighted by atomic mass is 15.2. The second-order valence-corrected chi connectivity index (χ2v) is 7.40. The number of nitrogens with one attached hydrogen (secondary N) is 2. The maximum atomic E-state index is 4.51. The molecule has 152 valence electrons. The van der Waals surface area contributed by atoms with E-state index in [0.29, 0.717) is 0 Å². The Kier molecular flexibility index (Phi) is 9.37. The third kappa shape index (κ3) is 8.02. The first-order chi connectivity index (χ1) is 13.9.